The first-order chi connectivity index (χ1) is 5.33. The number of rotatable bonds is 0. The number of hydrazine groups is 1. The molecule has 2 spiro atoms. The van der Waals surface area contributed by atoms with E-state index in [9.17, 15) is 0 Å². The molecule has 2 aliphatic carbocycles. The van der Waals surface area contributed by atoms with E-state index < -0.39 is 0 Å². The predicted octanol–water partition coefficient (Wildman–Crippen LogP) is 1.19. The Labute approximate surface area is 67.7 Å². The third kappa shape index (κ3) is 0.859. The molecule has 2 saturated carbocycles. The molecule has 1 aliphatic heterocycles. The third-order valence-electron chi connectivity index (χ3n) is 3.89. The van der Waals surface area contributed by atoms with Crippen molar-refractivity contribution in [2.45, 2.75) is 44.1 Å². The van der Waals surface area contributed by atoms with Gasteiger partial charge in [0, 0.05) is 12.1 Å². The van der Waals surface area contributed by atoms with Gasteiger partial charge in [0.05, 0.1) is 0 Å². The second-order valence-electron chi connectivity index (χ2n) is 4.76. The summed E-state index contributed by atoms with van der Waals surface area (Å²) >= 11 is 0. The van der Waals surface area contributed by atoms with Crippen LogP contribution in [-0.2, 0) is 0 Å². The summed E-state index contributed by atoms with van der Waals surface area (Å²) in [6.07, 6.45) is 8.73. The van der Waals surface area contributed by atoms with Gasteiger partial charge in [0.1, 0.15) is 0 Å². The molecule has 62 valence electrons. The van der Waals surface area contributed by atoms with Crippen LogP contribution in [0.25, 0.3) is 0 Å². The van der Waals surface area contributed by atoms with Crippen LogP contribution in [0.3, 0.4) is 0 Å². The Hall–Kier alpha value is -0.0800. The molecule has 0 amide bonds. The summed E-state index contributed by atoms with van der Waals surface area (Å²) in [5.41, 5.74) is 8.09. The zero-order valence-electron chi connectivity index (χ0n) is 6.95. The second-order valence-corrected chi connectivity index (χ2v) is 4.76. The molecule has 1 saturated heterocycles. The molecule has 3 fully saturated rings. The van der Waals surface area contributed by atoms with Gasteiger partial charge in [-0.2, -0.15) is 0 Å². The van der Waals surface area contributed by atoms with Crippen molar-refractivity contribution in [1.29, 1.82) is 0 Å². The van der Waals surface area contributed by atoms with E-state index in [-0.39, 0.29) is 0 Å². The zero-order chi connectivity index (χ0) is 7.36. The highest BCUT2D eigenvalue weighted by molar-refractivity contribution is 5.10. The lowest BCUT2D eigenvalue weighted by Crippen LogP contribution is -2.41. The predicted molar refractivity (Wildman–Crippen MR) is 44.0 cm³/mol. The van der Waals surface area contributed by atoms with E-state index in [4.69, 9.17) is 0 Å². The van der Waals surface area contributed by atoms with Gasteiger partial charge in [-0.25, -0.2) is 0 Å². The fourth-order valence-corrected chi connectivity index (χ4v) is 2.94. The van der Waals surface area contributed by atoms with Crippen LogP contribution >= 0.6 is 0 Å². The number of hydrogen-bond donors (Lipinski definition) is 2. The van der Waals surface area contributed by atoms with E-state index in [1.165, 1.54) is 45.1 Å². The topological polar surface area (TPSA) is 24.1 Å². The molecule has 2 N–H and O–H groups in total. The maximum absolute atomic E-state index is 3.48. The van der Waals surface area contributed by atoms with Gasteiger partial charge in [-0.05, 0) is 43.9 Å². The molecular weight excluding hydrogens is 136 g/mol. The fraction of sp³-hybridized carbons (Fsp3) is 1.00. The van der Waals surface area contributed by atoms with Crippen molar-refractivity contribution in [1.82, 2.24) is 10.9 Å². The standard InChI is InChI=1S/C9H16N2/c1-2-8(1)3-4-9(7-8)5-6-10-11-9/h10-11H,1-7H2. The van der Waals surface area contributed by atoms with Gasteiger partial charge in [0.15, 0.2) is 0 Å². The summed E-state index contributed by atoms with van der Waals surface area (Å²) < 4.78 is 0. The molecule has 0 aromatic carbocycles. The van der Waals surface area contributed by atoms with E-state index in [2.05, 4.69) is 10.9 Å². The van der Waals surface area contributed by atoms with Crippen molar-refractivity contribution in [3.05, 3.63) is 0 Å². The lowest BCUT2D eigenvalue weighted by Gasteiger charge is -2.22. The second kappa shape index (κ2) is 1.80. The molecule has 2 heteroatoms. The SMILES string of the molecule is C1CC2(CCC3(CC3)C2)NN1. The smallest absolute Gasteiger partial charge is 0.0341 e. The normalized spacial score (nSPS) is 45.8. The molecule has 0 radical (unpaired) electrons. The van der Waals surface area contributed by atoms with Crippen molar-refractivity contribution in [2.75, 3.05) is 6.54 Å². The van der Waals surface area contributed by atoms with Gasteiger partial charge in [0.2, 0.25) is 0 Å². The van der Waals surface area contributed by atoms with Crippen LogP contribution < -0.4 is 10.9 Å². The van der Waals surface area contributed by atoms with Crippen LogP contribution in [0.15, 0.2) is 0 Å². The monoisotopic (exact) mass is 152 g/mol. The van der Waals surface area contributed by atoms with Crippen LogP contribution in [0.1, 0.15) is 38.5 Å². The van der Waals surface area contributed by atoms with Crippen molar-refractivity contribution < 1.29 is 0 Å². The molecule has 3 rings (SSSR count). The Morgan fingerprint density at radius 1 is 0.909 bits per heavy atom. The average molecular weight is 152 g/mol. The summed E-state index contributed by atoms with van der Waals surface area (Å²) in [6.45, 7) is 1.18. The van der Waals surface area contributed by atoms with E-state index in [0.29, 0.717) is 5.54 Å². The van der Waals surface area contributed by atoms with Gasteiger partial charge in [0.25, 0.3) is 0 Å². The lowest BCUT2D eigenvalue weighted by molar-refractivity contribution is 0.345. The third-order valence-corrected chi connectivity index (χ3v) is 3.89. The minimum atomic E-state index is 0.524. The fourth-order valence-electron chi connectivity index (χ4n) is 2.94. The van der Waals surface area contributed by atoms with Crippen LogP contribution in [0.2, 0.25) is 0 Å². The summed E-state index contributed by atoms with van der Waals surface area (Å²) in [4.78, 5) is 0. The first-order valence-electron chi connectivity index (χ1n) is 4.83. The van der Waals surface area contributed by atoms with Crippen molar-refractivity contribution in [3.8, 4) is 0 Å². The van der Waals surface area contributed by atoms with Crippen LogP contribution in [0, 0.1) is 5.41 Å². The van der Waals surface area contributed by atoms with E-state index in [1.807, 2.05) is 0 Å². The maximum atomic E-state index is 3.48. The molecule has 0 aromatic rings. The molecule has 2 nitrogen and oxygen atoms in total. The Bertz CT molecular complexity index is 178. The van der Waals surface area contributed by atoms with Gasteiger partial charge < -0.3 is 0 Å². The molecule has 1 atom stereocenters. The first kappa shape index (κ1) is 6.44. The minimum absolute atomic E-state index is 0.524. The lowest BCUT2D eigenvalue weighted by atomic mass is 9.93. The zero-order valence-corrected chi connectivity index (χ0v) is 6.95. The first-order valence-corrected chi connectivity index (χ1v) is 4.83. The van der Waals surface area contributed by atoms with Crippen molar-refractivity contribution in [2.24, 2.45) is 5.41 Å². The summed E-state index contributed by atoms with van der Waals surface area (Å²) in [7, 11) is 0. The van der Waals surface area contributed by atoms with Gasteiger partial charge >= 0.3 is 0 Å². The quantitative estimate of drug-likeness (QED) is 0.545. The Morgan fingerprint density at radius 3 is 2.27 bits per heavy atom. The highest BCUT2D eigenvalue weighted by atomic mass is 15.4. The van der Waals surface area contributed by atoms with Crippen LogP contribution in [0.4, 0.5) is 0 Å². The highest BCUT2D eigenvalue weighted by Crippen LogP contribution is 2.61. The summed E-state index contributed by atoms with van der Waals surface area (Å²) in [6, 6.07) is 0. The van der Waals surface area contributed by atoms with Gasteiger partial charge in [-0.3, -0.25) is 10.9 Å². The molecule has 1 heterocycles. The van der Waals surface area contributed by atoms with E-state index in [0.717, 1.165) is 5.41 Å². The Kier molecular flexibility index (Phi) is 1.06. The minimum Gasteiger partial charge on any atom is -0.257 e. The largest absolute Gasteiger partial charge is 0.257 e. The van der Waals surface area contributed by atoms with Crippen LogP contribution in [0.5, 0.6) is 0 Å². The summed E-state index contributed by atoms with van der Waals surface area (Å²) in [5.74, 6) is 0. The molecule has 1 unspecified atom stereocenters. The molecule has 0 bridgehead atoms. The number of nitrogens with one attached hydrogen (secondary N) is 2. The molecule has 11 heavy (non-hydrogen) atoms. The average Bonchev–Trinajstić information content (AvgIpc) is 2.46. The van der Waals surface area contributed by atoms with E-state index in [1.54, 1.807) is 0 Å². The highest BCUT2D eigenvalue weighted by Gasteiger charge is 2.55. The van der Waals surface area contributed by atoms with E-state index >= 15 is 0 Å². The number of hydrogen-bond acceptors (Lipinski definition) is 2. The molecule has 0 aromatic heterocycles. The molecule has 3 aliphatic rings. The maximum Gasteiger partial charge on any atom is 0.0341 e. The van der Waals surface area contributed by atoms with Crippen molar-refractivity contribution >= 4 is 0 Å². The van der Waals surface area contributed by atoms with Crippen molar-refractivity contribution in [3.63, 3.8) is 0 Å². The molecular formula is C9H16N2. The van der Waals surface area contributed by atoms with Gasteiger partial charge in [-0.15, -0.1) is 0 Å². The van der Waals surface area contributed by atoms with Gasteiger partial charge in [-0.1, -0.05) is 0 Å². The summed E-state index contributed by atoms with van der Waals surface area (Å²) in [5, 5.41) is 0. The Morgan fingerprint density at radius 2 is 1.73 bits per heavy atom. The Balaban J connectivity index is 1.80. The van der Waals surface area contributed by atoms with Crippen LogP contribution in [-0.4, -0.2) is 12.1 Å².